The molecule has 0 aliphatic carbocycles. The Morgan fingerprint density at radius 3 is 2.73 bits per heavy atom. The summed E-state index contributed by atoms with van der Waals surface area (Å²) in [5.41, 5.74) is 4.89. The zero-order valence-corrected chi connectivity index (χ0v) is 19.7. The van der Waals surface area contributed by atoms with Gasteiger partial charge in [0.1, 0.15) is 6.10 Å². The number of halogens is 1. The Morgan fingerprint density at radius 1 is 1.21 bits per heavy atom. The first kappa shape index (κ1) is 23.4. The van der Waals surface area contributed by atoms with E-state index in [-0.39, 0.29) is 30.5 Å². The standard InChI is InChI=1S/C25H27N3O4.ClH/c1-3-22(32-23(29)15-27-8-10-31-11-9-27)19-13-21-24-18(14-28(21)25(30)16(19)2)12-17-6-4-5-7-20(17)26-24;/h4-7,12-13,22H,3,8-11,14-15H2,1-2H3;1H. The highest BCUT2D eigenvalue weighted by Gasteiger charge is 2.27. The van der Waals surface area contributed by atoms with E-state index in [2.05, 4.69) is 6.07 Å². The average Bonchev–Trinajstić information content (AvgIpc) is 3.16. The van der Waals surface area contributed by atoms with Crippen molar-refractivity contribution in [3.63, 3.8) is 0 Å². The Bertz CT molecular complexity index is 1250. The van der Waals surface area contributed by atoms with Crippen molar-refractivity contribution in [2.24, 2.45) is 0 Å². The summed E-state index contributed by atoms with van der Waals surface area (Å²) in [5, 5.41) is 1.06. The largest absolute Gasteiger partial charge is 0.457 e. The molecule has 2 aliphatic heterocycles. The maximum absolute atomic E-state index is 13.2. The number of ether oxygens (including phenoxy) is 2. The van der Waals surface area contributed by atoms with Crippen LogP contribution in [0.15, 0.2) is 41.2 Å². The molecule has 0 radical (unpaired) electrons. The fourth-order valence-electron chi connectivity index (χ4n) is 4.63. The second kappa shape index (κ2) is 9.63. The van der Waals surface area contributed by atoms with Crippen LogP contribution in [0.3, 0.4) is 0 Å². The summed E-state index contributed by atoms with van der Waals surface area (Å²) in [4.78, 5) is 32.7. The van der Waals surface area contributed by atoms with Crippen LogP contribution in [0, 0.1) is 6.92 Å². The number of carbonyl (C=O) groups excluding carboxylic acids is 1. The summed E-state index contributed by atoms with van der Waals surface area (Å²) in [7, 11) is 0. The van der Waals surface area contributed by atoms with Gasteiger partial charge in [-0.25, -0.2) is 4.98 Å². The van der Waals surface area contributed by atoms with Gasteiger partial charge in [-0.15, -0.1) is 12.4 Å². The molecular weight excluding hydrogens is 442 g/mol. The Labute approximate surface area is 198 Å². The Balaban J connectivity index is 0.00000259. The van der Waals surface area contributed by atoms with Crippen molar-refractivity contribution in [3.8, 4) is 11.4 Å². The quantitative estimate of drug-likeness (QED) is 0.417. The number of rotatable bonds is 5. The SMILES string of the molecule is CCC(OC(=O)CN1CCOCC1)c1cc2n(c(=O)c1C)Cc1cc3ccccc3nc1-2.Cl. The molecule has 4 heterocycles. The van der Waals surface area contributed by atoms with Gasteiger partial charge in [-0.3, -0.25) is 14.5 Å². The van der Waals surface area contributed by atoms with Gasteiger partial charge < -0.3 is 14.0 Å². The van der Waals surface area contributed by atoms with Crippen molar-refractivity contribution in [1.29, 1.82) is 0 Å². The lowest BCUT2D eigenvalue weighted by molar-refractivity contribution is -0.152. The minimum atomic E-state index is -0.466. The van der Waals surface area contributed by atoms with Crippen LogP contribution in [0.5, 0.6) is 0 Å². The first-order chi connectivity index (χ1) is 15.5. The maximum atomic E-state index is 13.2. The number of fused-ring (bicyclic) bond motifs is 4. The molecule has 1 saturated heterocycles. The molecule has 0 bridgehead atoms. The van der Waals surface area contributed by atoms with Crippen LogP contribution >= 0.6 is 12.4 Å². The number of esters is 1. The van der Waals surface area contributed by atoms with Gasteiger partial charge in [-0.2, -0.15) is 0 Å². The van der Waals surface area contributed by atoms with Gasteiger partial charge in [0.15, 0.2) is 0 Å². The highest BCUT2D eigenvalue weighted by atomic mass is 35.5. The van der Waals surface area contributed by atoms with E-state index in [1.807, 2.05) is 49.1 Å². The number of benzene rings is 1. The zero-order chi connectivity index (χ0) is 22.2. The molecule has 33 heavy (non-hydrogen) atoms. The minimum Gasteiger partial charge on any atom is -0.457 e. The monoisotopic (exact) mass is 469 g/mol. The molecule has 7 nitrogen and oxygen atoms in total. The molecule has 1 unspecified atom stereocenters. The van der Waals surface area contributed by atoms with Crippen molar-refractivity contribution in [2.45, 2.75) is 32.9 Å². The van der Waals surface area contributed by atoms with Gasteiger partial charge in [0.05, 0.1) is 43.2 Å². The van der Waals surface area contributed by atoms with Gasteiger partial charge in [-0.05, 0) is 31.5 Å². The molecule has 5 rings (SSSR count). The van der Waals surface area contributed by atoms with E-state index in [1.54, 1.807) is 4.57 Å². The van der Waals surface area contributed by atoms with Gasteiger partial charge in [0.2, 0.25) is 0 Å². The van der Waals surface area contributed by atoms with E-state index >= 15 is 0 Å². The highest BCUT2D eigenvalue weighted by Crippen LogP contribution is 2.34. The smallest absolute Gasteiger partial charge is 0.320 e. The predicted octanol–water partition coefficient (Wildman–Crippen LogP) is 3.48. The predicted molar refractivity (Wildman–Crippen MR) is 129 cm³/mol. The van der Waals surface area contributed by atoms with Crippen LogP contribution in [0.25, 0.3) is 22.3 Å². The number of hydrogen-bond acceptors (Lipinski definition) is 6. The maximum Gasteiger partial charge on any atom is 0.320 e. The molecule has 1 aromatic carbocycles. The number of morpholine rings is 1. The van der Waals surface area contributed by atoms with E-state index in [9.17, 15) is 9.59 Å². The number of para-hydroxylation sites is 1. The number of nitrogens with zero attached hydrogens (tertiary/aromatic N) is 3. The lowest BCUT2D eigenvalue weighted by atomic mass is 10.0. The Kier molecular flexibility index (Phi) is 6.83. The van der Waals surface area contributed by atoms with Crippen LogP contribution in [-0.2, 0) is 20.8 Å². The third-order valence-electron chi connectivity index (χ3n) is 6.40. The molecule has 0 amide bonds. The summed E-state index contributed by atoms with van der Waals surface area (Å²) in [6.07, 6.45) is 0.128. The van der Waals surface area contributed by atoms with Crippen LogP contribution in [0.2, 0.25) is 0 Å². The number of hydrogen-bond donors (Lipinski definition) is 0. The van der Waals surface area contributed by atoms with Crippen LogP contribution < -0.4 is 5.56 Å². The molecule has 1 fully saturated rings. The van der Waals surface area contributed by atoms with Crippen molar-refractivity contribution < 1.29 is 14.3 Å². The molecule has 1 atom stereocenters. The minimum absolute atomic E-state index is 0. The Morgan fingerprint density at radius 2 is 1.97 bits per heavy atom. The first-order valence-electron chi connectivity index (χ1n) is 11.2. The van der Waals surface area contributed by atoms with Gasteiger partial charge in [0.25, 0.3) is 5.56 Å². The van der Waals surface area contributed by atoms with E-state index in [0.29, 0.717) is 31.7 Å². The fourth-order valence-corrected chi connectivity index (χ4v) is 4.63. The van der Waals surface area contributed by atoms with Gasteiger partial charge in [0, 0.05) is 35.2 Å². The lowest BCUT2D eigenvalue weighted by Gasteiger charge is -2.27. The number of pyridine rings is 2. The molecule has 2 aliphatic rings. The molecule has 2 aromatic heterocycles. The number of carbonyl (C=O) groups is 1. The van der Waals surface area contributed by atoms with Crippen LogP contribution in [0.4, 0.5) is 0 Å². The molecular formula is C25H28ClN3O4. The van der Waals surface area contributed by atoms with E-state index in [1.165, 1.54) is 0 Å². The molecule has 0 spiro atoms. The third-order valence-corrected chi connectivity index (χ3v) is 6.40. The van der Waals surface area contributed by atoms with Gasteiger partial charge >= 0.3 is 5.97 Å². The molecule has 0 N–H and O–H groups in total. The van der Waals surface area contributed by atoms with Crippen LogP contribution in [-0.4, -0.2) is 53.3 Å². The summed E-state index contributed by atoms with van der Waals surface area (Å²) in [6, 6.07) is 12.1. The average molecular weight is 470 g/mol. The van der Waals surface area contributed by atoms with Crippen molar-refractivity contribution in [2.75, 3.05) is 32.8 Å². The summed E-state index contributed by atoms with van der Waals surface area (Å²) < 4.78 is 13.0. The van der Waals surface area contributed by atoms with E-state index in [4.69, 9.17) is 14.5 Å². The number of aromatic nitrogens is 2. The summed E-state index contributed by atoms with van der Waals surface area (Å²) in [5.74, 6) is -0.275. The van der Waals surface area contributed by atoms with E-state index in [0.717, 1.165) is 46.5 Å². The molecule has 0 saturated carbocycles. The summed E-state index contributed by atoms with van der Waals surface area (Å²) in [6.45, 7) is 7.24. The van der Waals surface area contributed by atoms with E-state index < -0.39 is 6.10 Å². The fraction of sp³-hybridized carbons (Fsp3) is 0.400. The van der Waals surface area contributed by atoms with Crippen molar-refractivity contribution in [1.82, 2.24) is 14.5 Å². The third kappa shape index (κ3) is 4.40. The summed E-state index contributed by atoms with van der Waals surface area (Å²) >= 11 is 0. The first-order valence-corrected chi connectivity index (χ1v) is 11.2. The molecule has 3 aromatic rings. The van der Waals surface area contributed by atoms with Gasteiger partial charge in [-0.1, -0.05) is 25.1 Å². The molecule has 8 heteroatoms. The normalized spacial score (nSPS) is 16.1. The Hall–Kier alpha value is -2.74. The second-order valence-electron chi connectivity index (χ2n) is 8.47. The van der Waals surface area contributed by atoms with Crippen molar-refractivity contribution >= 4 is 29.3 Å². The topological polar surface area (TPSA) is 73.7 Å². The second-order valence-corrected chi connectivity index (χ2v) is 8.47. The van der Waals surface area contributed by atoms with Crippen molar-refractivity contribution in [3.05, 3.63) is 63.4 Å². The highest BCUT2D eigenvalue weighted by molar-refractivity contribution is 5.85. The molecule has 174 valence electrons. The van der Waals surface area contributed by atoms with Crippen LogP contribution in [0.1, 0.15) is 36.1 Å². The zero-order valence-electron chi connectivity index (χ0n) is 18.9. The lowest BCUT2D eigenvalue weighted by Crippen LogP contribution is -2.40.